The van der Waals surface area contributed by atoms with Gasteiger partial charge in [0.1, 0.15) is 6.33 Å². The summed E-state index contributed by atoms with van der Waals surface area (Å²) in [5.41, 5.74) is 4.47. The number of H-pyrrole nitrogens is 1. The molecule has 0 radical (unpaired) electrons. The Labute approximate surface area is 144 Å². The van der Waals surface area contributed by atoms with Crippen molar-refractivity contribution in [1.29, 1.82) is 0 Å². The molecule has 1 saturated heterocycles. The van der Waals surface area contributed by atoms with Crippen molar-refractivity contribution in [2.75, 3.05) is 18.5 Å². The van der Waals surface area contributed by atoms with E-state index in [0.29, 0.717) is 23.4 Å². The lowest BCUT2D eigenvalue weighted by Crippen LogP contribution is -2.44. The van der Waals surface area contributed by atoms with E-state index in [1.165, 1.54) is 11.0 Å². The molecule has 24 heavy (non-hydrogen) atoms. The number of hydrogen-bond donors (Lipinski definition) is 2. The summed E-state index contributed by atoms with van der Waals surface area (Å²) >= 11 is 5.01. The van der Waals surface area contributed by atoms with Crippen LogP contribution in [-0.4, -0.2) is 44.7 Å². The molecule has 2 heterocycles. The van der Waals surface area contributed by atoms with Gasteiger partial charge in [0.15, 0.2) is 0 Å². The standard InChI is InChI=1S/C16H19N5O2S/c1-11-4-6-12(7-5-11)15(23)20-8-2-3-13(9-20)14(22)19-21-10-17-18-16(21)24/h4-7,10,13H,2-3,8-9H2,1H3,(H,18,24)(H,19,22). The maximum atomic E-state index is 12.6. The van der Waals surface area contributed by atoms with E-state index in [1.54, 1.807) is 4.90 Å². The van der Waals surface area contributed by atoms with Gasteiger partial charge in [-0.3, -0.25) is 20.1 Å². The van der Waals surface area contributed by atoms with Crippen LogP contribution in [0.5, 0.6) is 0 Å². The highest BCUT2D eigenvalue weighted by atomic mass is 32.1. The fourth-order valence-corrected chi connectivity index (χ4v) is 2.94. The fraction of sp³-hybridized carbons (Fsp3) is 0.375. The van der Waals surface area contributed by atoms with E-state index in [-0.39, 0.29) is 17.7 Å². The summed E-state index contributed by atoms with van der Waals surface area (Å²) in [7, 11) is 0. The van der Waals surface area contributed by atoms with Gasteiger partial charge in [0.2, 0.25) is 10.7 Å². The minimum Gasteiger partial charge on any atom is -0.338 e. The zero-order valence-electron chi connectivity index (χ0n) is 13.4. The van der Waals surface area contributed by atoms with Crippen molar-refractivity contribution >= 4 is 24.0 Å². The van der Waals surface area contributed by atoms with Gasteiger partial charge in [0, 0.05) is 18.7 Å². The lowest BCUT2D eigenvalue weighted by atomic mass is 9.96. The van der Waals surface area contributed by atoms with Crippen LogP contribution in [0.1, 0.15) is 28.8 Å². The molecule has 2 N–H and O–H groups in total. The van der Waals surface area contributed by atoms with Crippen molar-refractivity contribution in [2.24, 2.45) is 5.92 Å². The molecule has 1 aromatic carbocycles. The molecule has 1 aliphatic rings. The third-order valence-electron chi connectivity index (χ3n) is 4.16. The number of nitrogens with zero attached hydrogens (tertiary/aromatic N) is 3. The van der Waals surface area contributed by atoms with Crippen LogP contribution in [0, 0.1) is 17.6 Å². The third kappa shape index (κ3) is 3.53. The molecule has 1 unspecified atom stereocenters. The average molecular weight is 345 g/mol. The summed E-state index contributed by atoms with van der Waals surface area (Å²) in [5, 5.41) is 6.34. The highest BCUT2D eigenvalue weighted by Crippen LogP contribution is 2.19. The zero-order chi connectivity index (χ0) is 17.1. The van der Waals surface area contributed by atoms with Gasteiger partial charge in [0.05, 0.1) is 5.92 Å². The molecule has 8 heteroatoms. The average Bonchev–Trinajstić information content (AvgIpc) is 3.00. The molecule has 0 bridgehead atoms. The Kier molecular flexibility index (Phi) is 4.75. The van der Waals surface area contributed by atoms with Crippen molar-refractivity contribution < 1.29 is 9.59 Å². The maximum absolute atomic E-state index is 12.6. The number of aryl methyl sites for hydroxylation is 1. The predicted molar refractivity (Wildman–Crippen MR) is 91.6 cm³/mol. The first-order valence-electron chi connectivity index (χ1n) is 7.83. The van der Waals surface area contributed by atoms with Crippen molar-refractivity contribution in [3.63, 3.8) is 0 Å². The third-order valence-corrected chi connectivity index (χ3v) is 4.45. The normalized spacial score (nSPS) is 17.5. The highest BCUT2D eigenvalue weighted by molar-refractivity contribution is 7.71. The highest BCUT2D eigenvalue weighted by Gasteiger charge is 2.29. The van der Waals surface area contributed by atoms with E-state index in [2.05, 4.69) is 15.6 Å². The molecule has 7 nitrogen and oxygen atoms in total. The van der Waals surface area contributed by atoms with Gasteiger partial charge in [-0.15, -0.1) is 0 Å². The Bertz CT molecular complexity index is 795. The summed E-state index contributed by atoms with van der Waals surface area (Å²) in [6, 6.07) is 7.49. The summed E-state index contributed by atoms with van der Waals surface area (Å²) in [6.07, 6.45) is 2.96. The Morgan fingerprint density at radius 1 is 1.33 bits per heavy atom. The van der Waals surface area contributed by atoms with Crippen LogP contribution in [0.15, 0.2) is 30.6 Å². The molecule has 1 aliphatic heterocycles. The quantitative estimate of drug-likeness (QED) is 0.832. The fourth-order valence-electron chi connectivity index (χ4n) is 2.79. The van der Waals surface area contributed by atoms with Crippen LogP contribution >= 0.6 is 12.2 Å². The van der Waals surface area contributed by atoms with Gasteiger partial charge in [-0.25, -0.2) is 4.68 Å². The van der Waals surface area contributed by atoms with Crippen LogP contribution in [0.3, 0.4) is 0 Å². The van der Waals surface area contributed by atoms with Gasteiger partial charge in [0.25, 0.3) is 5.91 Å². The lowest BCUT2D eigenvalue weighted by Gasteiger charge is -2.32. The summed E-state index contributed by atoms with van der Waals surface area (Å²) in [6.45, 7) is 3.06. The second-order valence-electron chi connectivity index (χ2n) is 5.96. The van der Waals surface area contributed by atoms with Crippen molar-refractivity contribution in [1.82, 2.24) is 19.8 Å². The molecule has 0 aliphatic carbocycles. The van der Waals surface area contributed by atoms with E-state index in [0.717, 1.165) is 18.4 Å². The lowest BCUT2D eigenvalue weighted by molar-refractivity contribution is -0.122. The van der Waals surface area contributed by atoms with E-state index in [9.17, 15) is 9.59 Å². The summed E-state index contributed by atoms with van der Waals surface area (Å²) in [4.78, 5) is 26.8. The first kappa shape index (κ1) is 16.4. The number of benzene rings is 1. The molecule has 1 fully saturated rings. The van der Waals surface area contributed by atoms with Crippen LogP contribution in [-0.2, 0) is 4.79 Å². The van der Waals surface area contributed by atoms with E-state index in [1.807, 2.05) is 31.2 Å². The maximum Gasteiger partial charge on any atom is 0.253 e. The molecule has 1 atom stereocenters. The molecule has 126 valence electrons. The monoisotopic (exact) mass is 345 g/mol. The van der Waals surface area contributed by atoms with Crippen molar-refractivity contribution in [3.8, 4) is 0 Å². The zero-order valence-corrected chi connectivity index (χ0v) is 14.2. The number of nitrogens with one attached hydrogen (secondary N) is 2. The molecule has 3 rings (SSSR count). The summed E-state index contributed by atoms with van der Waals surface area (Å²) in [5.74, 6) is -0.453. The first-order chi connectivity index (χ1) is 11.5. The Hall–Kier alpha value is -2.48. The van der Waals surface area contributed by atoms with Gasteiger partial charge >= 0.3 is 0 Å². The number of hydrogen-bond acceptors (Lipinski definition) is 4. The number of amides is 2. The molecular weight excluding hydrogens is 326 g/mol. The van der Waals surface area contributed by atoms with Crippen LogP contribution in [0.4, 0.5) is 0 Å². The second-order valence-corrected chi connectivity index (χ2v) is 6.35. The summed E-state index contributed by atoms with van der Waals surface area (Å²) < 4.78 is 1.70. The number of aromatic amines is 1. The molecular formula is C16H19N5O2S. The van der Waals surface area contributed by atoms with Gasteiger partial charge in [-0.1, -0.05) is 17.7 Å². The van der Waals surface area contributed by atoms with E-state index in [4.69, 9.17) is 12.2 Å². The minimum absolute atomic E-state index is 0.0348. The molecule has 2 aromatic rings. The molecule has 0 spiro atoms. The van der Waals surface area contributed by atoms with Crippen molar-refractivity contribution in [3.05, 3.63) is 46.5 Å². The van der Waals surface area contributed by atoms with Crippen molar-refractivity contribution in [2.45, 2.75) is 19.8 Å². The topological polar surface area (TPSA) is 83.0 Å². The largest absolute Gasteiger partial charge is 0.338 e. The van der Waals surface area contributed by atoms with Crippen LogP contribution in [0.2, 0.25) is 0 Å². The van der Waals surface area contributed by atoms with E-state index < -0.39 is 0 Å². The van der Waals surface area contributed by atoms with Crippen LogP contribution < -0.4 is 5.43 Å². The first-order valence-corrected chi connectivity index (χ1v) is 8.24. The van der Waals surface area contributed by atoms with Gasteiger partial charge in [-0.05, 0) is 44.1 Å². The van der Waals surface area contributed by atoms with Gasteiger partial charge in [-0.2, -0.15) is 5.10 Å². The number of rotatable bonds is 3. The molecule has 1 aromatic heterocycles. The number of aromatic nitrogens is 3. The minimum atomic E-state index is -0.259. The van der Waals surface area contributed by atoms with Gasteiger partial charge < -0.3 is 4.90 Å². The molecule has 0 saturated carbocycles. The molecule has 2 amide bonds. The number of piperidine rings is 1. The Balaban J connectivity index is 1.66. The smallest absolute Gasteiger partial charge is 0.253 e. The Morgan fingerprint density at radius 3 is 2.75 bits per heavy atom. The SMILES string of the molecule is Cc1ccc(C(=O)N2CCCC(C(=O)Nn3cn[nH]c3=S)C2)cc1. The second kappa shape index (κ2) is 6.96. The Morgan fingerprint density at radius 2 is 2.08 bits per heavy atom. The predicted octanol–water partition coefficient (Wildman–Crippen LogP) is 1.87. The van der Waals surface area contributed by atoms with Crippen LogP contribution in [0.25, 0.3) is 0 Å². The number of likely N-dealkylation sites (tertiary alicyclic amines) is 1. The number of carbonyl (C=O) groups is 2. The number of carbonyl (C=O) groups excluding carboxylic acids is 2. The van der Waals surface area contributed by atoms with E-state index >= 15 is 0 Å².